The molecule has 0 saturated heterocycles. The van der Waals surface area contributed by atoms with Gasteiger partial charge in [-0.3, -0.25) is 10.2 Å². The molecule has 1 amide bonds. The molecule has 0 spiro atoms. The number of hydrogen-bond acceptors (Lipinski definition) is 4. The van der Waals surface area contributed by atoms with Crippen LogP contribution in [0.1, 0.15) is 27.0 Å². The van der Waals surface area contributed by atoms with Gasteiger partial charge >= 0.3 is 0 Å². The average Bonchev–Trinajstić information content (AvgIpc) is 2.75. The second-order valence-electron chi connectivity index (χ2n) is 7.76. The summed E-state index contributed by atoms with van der Waals surface area (Å²) in [5.41, 5.74) is 11.6. The van der Waals surface area contributed by atoms with Crippen LogP contribution in [0.25, 0.3) is 0 Å². The second-order valence-corrected chi connectivity index (χ2v) is 7.76. The Labute approximate surface area is 171 Å². The van der Waals surface area contributed by atoms with Crippen LogP contribution in [-0.2, 0) is 5.54 Å². The quantitative estimate of drug-likeness (QED) is 0.722. The Balaban J connectivity index is 1.95. The molecule has 1 aliphatic heterocycles. The standard InChI is InChI=1S/C24H26N4O/c1-27(2)19-13-9-17(10-14-19)24(18-11-15-20(16-12-18)28(3)4)22-8-6-5-7-21(22)23(29)25-26-24/h5-16,26H,1-4H3,(H,25,29). The Morgan fingerprint density at radius 2 is 1.17 bits per heavy atom. The van der Waals surface area contributed by atoms with Crippen molar-refractivity contribution in [2.24, 2.45) is 0 Å². The van der Waals surface area contributed by atoms with Gasteiger partial charge in [0.1, 0.15) is 5.54 Å². The van der Waals surface area contributed by atoms with Crippen LogP contribution in [0.3, 0.4) is 0 Å². The van der Waals surface area contributed by atoms with Crippen LogP contribution in [-0.4, -0.2) is 34.1 Å². The van der Waals surface area contributed by atoms with Crippen molar-refractivity contribution >= 4 is 17.3 Å². The fourth-order valence-corrected chi connectivity index (χ4v) is 3.93. The molecule has 0 aromatic heterocycles. The van der Waals surface area contributed by atoms with E-state index in [1.807, 2.05) is 52.5 Å². The lowest BCUT2D eigenvalue weighted by atomic mass is 9.74. The fraction of sp³-hybridized carbons (Fsp3) is 0.208. The van der Waals surface area contributed by atoms with Gasteiger partial charge in [0.05, 0.1) is 0 Å². The molecule has 5 heteroatoms. The third kappa shape index (κ3) is 3.13. The zero-order valence-electron chi connectivity index (χ0n) is 17.2. The Morgan fingerprint density at radius 3 is 1.66 bits per heavy atom. The van der Waals surface area contributed by atoms with Gasteiger partial charge in [-0.2, -0.15) is 0 Å². The maximum Gasteiger partial charge on any atom is 0.265 e. The van der Waals surface area contributed by atoms with Crippen molar-refractivity contribution in [3.8, 4) is 0 Å². The van der Waals surface area contributed by atoms with E-state index in [0.29, 0.717) is 5.56 Å². The number of hydrogen-bond donors (Lipinski definition) is 2. The number of anilines is 2. The van der Waals surface area contributed by atoms with Crippen LogP contribution in [0, 0.1) is 0 Å². The van der Waals surface area contributed by atoms with E-state index in [-0.39, 0.29) is 5.91 Å². The monoisotopic (exact) mass is 386 g/mol. The zero-order chi connectivity index (χ0) is 20.6. The number of amides is 1. The number of nitrogens with zero attached hydrogens (tertiary/aromatic N) is 2. The van der Waals surface area contributed by atoms with E-state index in [9.17, 15) is 4.79 Å². The first kappa shape index (κ1) is 19.0. The van der Waals surface area contributed by atoms with Gasteiger partial charge in [0.15, 0.2) is 0 Å². The highest BCUT2D eigenvalue weighted by molar-refractivity contribution is 5.97. The molecule has 0 unspecified atom stereocenters. The largest absolute Gasteiger partial charge is 0.378 e. The van der Waals surface area contributed by atoms with E-state index in [4.69, 9.17) is 0 Å². The number of rotatable bonds is 4. The maximum atomic E-state index is 12.5. The Hall–Kier alpha value is -3.31. The normalized spacial score (nSPS) is 14.7. The smallest absolute Gasteiger partial charge is 0.265 e. The molecule has 0 bridgehead atoms. The van der Waals surface area contributed by atoms with E-state index in [1.165, 1.54) is 0 Å². The Morgan fingerprint density at radius 1 is 0.690 bits per heavy atom. The van der Waals surface area contributed by atoms with Gasteiger partial charge in [0, 0.05) is 45.1 Å². The predicted molar refractivity (Wildman–Crippen MR) is 118 cm³/mol. The third-order valence-electron chi connectivity index (χ3n) is 5.57. The molecular weight excluding hydrogens is 360 g/mol. The van der Waals surface area contributed by atoms with Crippen molar-refractivity contribution in [3.63, 3.8) is 0 Å². The van der Waals surface area contributed by atoms with Crippen LogP contribution in [0.2, 0.25) is 0 Å². The summed E-state index contributed by atoms with van der Waals surface area (Å²) in [5.74, 6) is -0.119. The number of fused-ring (bicyclic) bond motifs is 1. The van der Waals surface area contributed by atoms with E-state index in [1.54, 1.807) is 0 Å². The summed E-state index contributed by atoms with van der Waals surface area (Å²) >= 11 is 0. The van der Waals surface area contributed by atoms with Crippen molar-refractivity contribution in [1.82, 2.24) is 10.9 Å². The Bertz CT molecular complexity index is 972. The van der Waals surface area contributed by atoms with Crippen molar-refractivity contribution in [2.75, 3.05) is 38.0 Å². The molecule has 0 fully saturated rings. The SMILES string of the molecule is CN(C)c1ccc(C2(c3ccc(N(C)C)cc3)NNC(=O)c3ccccc32)cc1. The minimum absolute atomic E-state index is 0.119. The predicted octanol–water partition coefficient (Wildman–Crippen LogP) is 3.36. The minimum Gasteiger partial charge on any atom is -0.378 e. The number of carbonyl (C=O) groups excluding carboxylic acids is 1. The molecule has 5 nitrogen and oxygen atoms in total. The second kappa shape index (κ2) is 7.26. The van der Waals surface area contributed by atoms with Gasteiger partial charge in [-0.05, 0) is 47.0 Å². The van der Waals surface area contributed by atoms with Gasteiger partial charge < -0.3 is 9.80 Å². The van der Waals surface area contributed by atoms with Gasteiger partial charge in [-0.25, -0.2) is 5.43 Å². The first-order valence-electron chi connectivity index (χ1n) is 9.66. The summed E-state index contributed by atoms with van der Waals surface area (Å²) in [6.07, 6.45) is 0. The van der Waals surface area contributed by atoms with Crippen molar-refractivity contribution < 1.29 is 4.79 Å². The number of benzene rings is 3. The first-order valence-corrected chi connectivity index (χ1v) is 9.66. The molecule has 0 aliphatic carbocycles. The lowest BCUT2D eigenvalue weighted by Gasteiger charge is -2.41. The van der Waals surface area contributed by atoms with E-state index in [2.05, 4.69) is 69.2 Å². The van der Waals surface area contributed by atoms with Crippen LogP contribution >= 0.6 is 0 Å². The van der Waals surface area contributed by atoms with Gasteiger partial charge in [-0.15, -0.1) is 0 Å². The van der Waals surface area contributed by atoms with Gasteiger partial charge in [0.2, 0.25) is 0 Å². The number of carbonyl (C=O) groups is 1. The lowest BCUT2D eigenvalue weighted by molar-refractivity contribution is 0.0897. The van der Waals surface area contributed by atoms with Crippen LogP contribution in [0.15, 0.2) is 72.8 Å². The minimum atomic E-state index is -0.680. The van der Waals surface area contributed by atoms with Crippen molar-refractivity contribution in [3.05, 3.63) is 95.1 Å². The lowest BCUT2D eigenvalue weighted by Crippen LogP contribution is -2.58. The van der Waals surface area contributed by atoms with Gasteiger partial charge in [-0.1, -0.05) is 42.5 Å². The first-order chi connectivity index (χ1) is 13.9. The molecule has 0 radical (unpaired) electrons. The van der Waals surface area contributed by atoms with Gasteiger partial charge in [0.25, 0.3) is 5.91 Å². The molecule has 3 aromatic carbocycles. The molecule has 0 saturated carbocycles. The average molecular weight is 386 g/mol. The summed E-state index contributed by atoms with van der Waals surface area (Å²) in [6, 6.07) is 24.7. The van der Waals surface area contributed by atoms with Crippen LogP contribution in [0.5, 0.6) is 0 Å². The highest BCUT2D eigenvalue weighted by Crippen LogP contribution is 2.40. The Kier molecular flexibility index (Phi) is 4.76. The van der Waals surface area contributed by atoms with Crippen molar-refractivity contribution in [2.45, 2.75) is 5.54 Å². The highest BCUT2D eigenvalue weighted by Gasteiger charge is 2.42. The molecule has 148 valence electrons. The van der Waals surface area contributed by atoms with Crippen LogP contribution < -0.4 is 20.7 Å². The van der Waals surface area contributed by atoms with Crippen LogP contribution in [0.4, 0.5) is 11.4 Å². The number of hydrazine groups is 1. The summed E-state index contributed by atoms with van der Waals surface area (Å²) in [4.78, 5) is 16.7. The van der Waals surface area contributed by atoms with E-state index in [0.717, 1.165) is 28.1 Å². The molecule has 1 aliphatic rings. The molecule has 29 heavy (non-hydrogen) atoms. The molecule has 4 rings (SSSR count). The van der Waals surface area contributed by atoms with Crippen molar-refractivity contribution in [1.29, 1.82) is 0 Å². The highest BCUT2D eigenvalue weighted by atomic mass is 16.2. The summed E-state index contributed by atoms with van der Waals surface area (Å²) in [7, 11) is 8.11. The zero-order valence-corrected chi connectivity index (χ0v) is 17.2. The third-order valence-corrected chi connectivity index (χ3v) is 5.57. The summed E-state index contributed by atoms with van der Waals surface area (Å²) in [5, 5.41) is 0. The number of nitrogens with one attached hydrogen (secondary N) is 2. The molecular formula is C24H26N4O. The summed E-state index contributed by atoms with van der Waals surface area (Å²) < 4.78 is 0. The maximum absolute atomic E-state index is 12.5. The van der Waals surface area contributed by atoms with E-state index < -0.39 is 5.54 Å². The molecule has 2 N–H and O–H groups in total. The molecule has 0 atom stereocenters. The molecule has 1 heterocycles. The van der Waals surface area contributed by atoms with E-state index >= 15 is 0 Å². The topological polar surface area (TPSA) is 47.6 Å². The molecule has 3 aromatic rings. The fourth-order valence-electron chi connectivity index (χ4n) is 3.93. The summed E-state index contributed by atoms with van der Waals surface area (Å²) in [6.45, 7) is 0.